The van der Waals surface area contributed by atoms with Crippen LogP contribution in [0.2, 0.25) is 0 Å². The Bertz CT molecular complexity index is 1290. The van der Waals surface area contributed by atoms with E-state index in [0.29, 0.717) is 19.3 Å². The molecule has 452 valence electrons. The molecule has 0 aromatic rings. The van der Waals surface area contributed by atoms with Crippen LogP contribution in [-0.4, -0.2) is 37.2 Å². The first-order valence-electron chi connectivity index (χ1n) is 34.5. The van der Waals surface area contributed by atoms with Gasteiger partial charge in [0, 0.05) is 19.3 Å². The van der Waals surface area contributed by atoms with Crippen molar-refractivity contribution in [3.8, 4) is 0 Å². The summed E-state index contributed by atoms with van der Waals surface area (Å²) < 4.78 is 17.0. The van der Waals surface area contributed by atoms with Crippen LogP contribution in [0.4, 0.5) is 0 Å². The van der Waals surface area contributed by atoms with Crippen LogP contribution in [0, 0.1) is 0 Å². The molecular weight excluding hydrogens is 949 g/mol. The highest BCUT2D eigenvalue weighted by Crippen LogP contribution is 2.18. The fraction of sp³-hybridized carbons (Fsp3) is 0.873. The first-order chi connectivity index (χ1) is 38.0. The van der Waals surface area contributed by atoms with E-state index < -0.39 is 6.10 Å². The number of carbonyl (C=O) groups excluding carboxylic acids is 3. The van der Waals surface area contributed by atoms with Gasteiger partial charge in [0.1, 0.15) is 13.2 Å². The lowest BCUT2D eigenvalue weighted by atomic mass is 10.0. The monoisotopic (exact) mass is 1080 g/mol. The quantitative estimate of drug-likeness (QED) is 0.0261. The van der Waals surface area contributed by atoms with Crippen molar-refractivity contribution < 1.29 is 28.6 Å². The lowest BCUT2D eigenvalue weighted by molar-refractivity contribution is -0.167. The second-order valence-corrected chi connectivity index (χ2v) is 23.4. The third-order valence-corrected chi connectivity index (χ3v) is 15.6. The van der Waals surface area contributed by atoms with Crippen LogP contribution < -0.4 is 0 Å². The van der Waals surface area contributed by atoms with E-state index in [1.54, 1.807) is 0 Å². The predicted molar refractivity (Wildman–Crippen MR) is 335 cm³/mol. The molecule has 0 aliphatic rings. The van der Waals surface area contributed by atoms with Gasteiger partial charge >= 0.3 is 17.9 Å². The topological polar surface area (TPSA) is 78.9 Å². The number of rotatable bonds is 64. The maximum Gasteiger partial charge on any atom is 0.306 e. The van der Waals surface area contributed by atoms with Crippen molar-refractivity contribution in [2.75, 3.05) is 13.2 Å². The van der Waals surface area contributed by atoms with Gasteiger partial charge in [-0.25, -0.2) is 0 Å². The van der Waals surface area contributed by atoms with Crippen LogP contribution in [0.25, 0.3) is 0 Å². The Morgan fingerprint density at radius 1 is 0.260 bits per heavy atom. The van der Waals surface area contributed by atoms with Crippen molar-refractivity contribution in [1.82, 2.24) is 0 Å². The normalized spacial score (nSPS) is 12.2. The van der Waals surface area contributed by atoms with Gasteiger partial charge in [-0.2, -0.15) is 0 Å². The summed E-state index contributed by atoms with van der Waals surface area (Å²) in [7, 11) is 0. The first kappa shape index (κ1) is 74.6. The zero-order valence-electron chi connectivity index (χ0n) is 52.0. The van der Waals surface area contributed by atoms with E-state index in [1.165, 1.54) is 263 Å². The standard InChI is InChI=1S/C71H132O6/c1-4-7-10-13-16-19-22-25-28-31-33-35-36-37-39-40-43-46-49-52-55-58-61-64-70(73)76-67-68(66-75-69(72)63-60-57-54-51-48-45-42-30-27-24-21-18-15-12-9-6-3)77-71(74)65-62-59-56-53-50-47-44-41-38-34-32-29-26-23-20-17-14-11-8-5-2/h21,24,30-31,33,42,68H,4-20,22-23,25-29,32,34-41,43-67H2,1-3H3/b24-21-,33-31-,42-30-. The van der Waals surface area contributed by atoms with E-state index in [2.05, 4.69) is 57.2 Å². The molecule has 0 aliphatic carbocycles. The number of hydrogen-bond acceptors (Lipinski definition) is 6. The summed E-state index contributed by atoms with van der Waals surface area (Å²) in [6, 6.07) is 0. The van der Waals surface area contributed by atoms with Gasteiger partial charge in [-0.15, -0.1) is 0 Å². The van der Waals surface area contributed by atoms with Crippen LogP contribution in [0.15, 0.2) is 36.5 Å². The summed E-state index contributed by atoms with van der Waals surface area (Å²) in [5.74, 6) is -0.859. The molecule has 0 fully saturated rings. The Kier molecular flexibility index (Phi) is 64.1. The van der Waals surface area contributed by atoms with Gasteiger partial charge in [0.25, 0.3) is 0 Å². The minimum atomic E-state index is -0.777. The van der Waals surface area contributed by atoms with E-state index in [1.807, 2.05) is 0 Å². The zero-order chi connectivity index (χ0) is 55.7. The largest absolute Gasteiger partial charge is 0.462 e. The van der Waals surface area contributed by atoms with Crippen LogP contribution in [-0.2, 0) is 28.6 Å². The third kappa shape index (κ3) is 64.3. The van der Waals surface area contributed by atoms with Crippen molar-refractivity contribution in [2.24, 2.45) is 0 Å². The van der Waals surface area contributed by atoms with Crippen LogP contribution in [0.1, 0.15) is 380 Å². The minimum Gasteiger partial charge on any atom is -0.462 e. The van der Waals surface area contributed by atoms with E-state index in [-0.39, 0.29) is 31.1 Å². The van der Waals surface area contributed by atoms with Gasteiger partial charge in [0.05, 0.1) is 0 Å². The molecule has 0 N–H and O–H groups in total. The van der Waals surface area contributed by atoms with Crippen LogP contribution in [0.3, 0.4) is 0 Å². The predicted octanol–water partition coefficient (Wildman–Crippen LogP) is 23.6. The highest BCUT2D eigenvalue weighted by Gasteiger charge is 2.19. The van der Waals surface area contributed by atoms with E-state index >= 15 is 0 Å². The van der Waals surface area contributed by atoms with Crippen molar-refractivity contribution in [2.45, 2.75) is 386 Å². The van der Waals surface area contributed by atoms with Crippen molar-refractivity contribution in [3.05, 3.63) is 36.5 Å². The summed E-state index contributed by atoms with van der Waals surface area (Å²) in [4.78, 5) is 38.4. The summed E-state index contributed by atoms with van der Waals surface area (Å²) in [5, 5.41) is 0. The number of allylic oxidation sites excluding steroid dienone is 6. The first-order valence-corrected chi connectivity index (χ1v) is 34.5. The van der Waals surface area contributed by atoms with Gasteiger partial charge in [-0.1, -0.05) is 320 Å². The average molecular weight is 1080 g/mol. The highest BCUT2D eigenvalue weighted by molar-refractivity contribution is 5.71. The third-order valence-electron chi connectivity index (χ3n) is 15.6. The molecule has 1 atom stereocenters. The Hall–Kier alpha value is -2.37. The van der Waals surface area contributed by atoms with Crippen molar-refractivity contribution in [3.63, 3.8) is 0 Å². The van der Waals surface area contributed by atoms with Gasteiger partial charge in [0.15, 0.2) is 6.10 Å². The molecule has 0 bridgehead atoms. The summed E-state index contributed by atoms with van der Waals surface area (Å²) in [6.45, 7) is 6.68. The van der Waals surface area contributed by atoms with Gasteiger partial charge < -0.3 is 14.2 Å². The Balaban J connectivity index is 4.31. The number of ether oxygens (including phenoxy) is 3. The number of unbranched alkanes of at least 4 members (excludes halogenated alkanes) is 47. The molecule has 0 aliphatic heterocycles. The Morgan fingerprint density at radius 3 is 0.740 bits per heavy atom. The highest BCUT2D eigenvalue weighted by atomic mass is 16.6. The fourth-order valence-corrected chi connectivity index (χ4v) is 10.4. The second-order valence-electron chi connectivity index (χ2n) is 23.4. The lowest BCUT2D eigenvalue weighted by Crippen LogP contribution is -2.30. The summed E-state index contributed by atoms with van der Waals surface area (Å²) in [5.41, 5.74) is 0. The summed E-state index contributed by atoms with van der Waals surface area (Å²) >= 11 is 0. The SMILES string of the molecule is CCCCCC/C=C\C/C=C\CCCCCCCC(=O)OCC(COC(=O)CCCCCCCCCCCCC/C=C\CCCCCCCCCC)OC(=O)CCCCCCCCCCCCCCCCCCCCCC. The number of esters is 3. The van der Waals surface area contributed by atoms with Crippen molar-refractivity contribution >= 4 is 17.9 Å². The minimum absolute atomic E-state index is 0.0725. The molecule has 0 saturated heterocycles. The molecule has 0 aromatic heterocycles. The molecule has 1 unspecified atom stereocenters. The van der Waals surface area contributed by atoms with E-state index in [9.17, 15) is 14.4 Å². The maximum atomic E-state index is 12.9. The second kappa shape index (κ2) is 66.1. The Labute approximate surface area is 480 Å². The molecule has 0 heterocycles. The molecule has 0 rings (SSSR count). The molecule has 0 aromatic carbocycles. The van der Waals surface area contributed by atoms with Crippen LogP contribution >= 0.6 is 0 Å². The van der Waals surface area contributed by atoms with Gasteiger partial charge in [0.2, 0.25) is 0 Å². The summed E-state index contributed by atoms with van der Waals surface area (Å²) in [6.07, 6.45) is 81.6. The molecule has 0 spiro atoms. The zero-order valence-corrected chi connectivity index (χ0v) is 52.0. The van der Waals surface area contributed by atoms with E-state index in [0.717, 1.165) is 77.0 Å². The van der Waals surface area contributed by atoms with Crippen molar-refractivity contribution in [1.29, 1.82) is 0 Å². The number of carbonyl (C=O) groups is 3. The van der Waals surface area contributed by atoms with Crippen LogP contribution in [0.5, 0.6) is 0 Å². The Morgan fingerprint density at radius 2 is 0.468 bits per heavy atom. The molecular formula is C71H132O6. The fourth-order valence-electron chi connectivity index (χ4n) is 10.4. The molecule has 6 heteroatoms. The van der Waals surface area contributed by atoms with Gasteiger partial charge in [-0.05, 0) is 77.0 Å². The molecule has 6 nitrogen and oxygen atoms in total. The molecule has 0 amide bonds. The maximum absolute atomic E-state index is 12.9. The number of hydrogen-bond donors (Lipinski definition) is 0. The molecule has 0 saturated carbocycles. The smallest absolute Gasteiger partial charge is 0.306 e. The average Bonchev–Trinajstić information content (AvgIpc) is 3.43. The lowest BCUT2D eigenvalue weighted by Gasteiger charge is -2.18. The van der Waals surface area contributed by atoms with Gasteiger partial charge in [-0.3, -0.25) is 14.4 Å². The molecule has 77 heavy (non-hydrogen) atoms. The molecule has 0 radical (unpaired) electrons. The van der Waals surface area contributed by atoms with E-state index in [4.69, 9.17) is 14.2 Å².